The van der Waals surface area contributed by atoms with Crippen LogP contribution in [0.15, 0.2) is 73.4 Å². The van der Waals surface area contributed by atoms with Gasteiger partial charge < -0.3 is 4.98 Å². The van der Waals surface area contributed by atoms with Gasteiger partial charge in [-0.2, -0.15) is 5.10 Å². The minimum atomic E-state index is -0.275. The van der Waals surface area contributed by atoms with Crippen LogP contribution >= 0.6 is 0 Å². The number of rotatable bonds is 5. The molecule has 1 saturated heterocycles. The number of hydrogen-bond donors (Lipinski definition) is 2. The fraction of sp³-hybridized carbons (Fsp3) is 0.172. The van der Waals surface area contributed by atoms with Crippen LogP contribution in [0.5, 0.6) is 0 Å². The quantitative estimate of drug-likeness (QED) is 0.312. The smallest absolute Gasteiger partial charge is 0.123 e. The summed E-state index contributed by atoms with van der Waals surface area (Å²) < 4.78 is 13.9. The summed E-state index contributed by atoms with van der Waals surface area (Å²) >= 11 is 0. The van der Waals surface area contributed by atoms with Crippen molar-refractivity contribution in [3.8, 4) is 33.8 Å². The van der Waals surface area contributed by atoms with E-state index in [-0.39, 0.29) is 5.82 Å². The fourth-order valence-electron chi connectivity index (χ4n) is 5.26. The lowest BCUT2D eigenvalue weighted by molar-refractivity contribution is 0.331. The summed E-state index contributed by atoms with van der Waals surface area (Å²) in [5.41, 5.74) is 8.03. The first-order valence-corrected chi connectivity index (χ1v) is 12.4. The molecule has 1 aliphatic heterocycles. The summed E-state index contributed by atoms with van der Waals surface area (Å²) in [5.74, 6) is -0.275. The van der Waals surface area contributed by atoms with Crippen molar-refractivity contribution in [2.75, 3.05) is 13.1 Å². The Balaban J connectivity index is 1.28. The number of fused-ring (bicyclic) bond motifs is 2. The molecule has 0 radical (unpaired) electrons. The van der Waals surface area contributed by atoms with Crippen LogP contribution in [0, 0.1) is 5.82 Å². The van der Waals surface area contributed by atoms with Crippen molar-refractivity contribution < 1.29 is 4.39 Å². The monoisotopic (exact) mass is 489 g/mol. The lowest BCUT2D eigenvalue weighted by Crippen LogP contribution is -2.18. The summed E-state index contributed by atoms with van der Waals surface area (Å²) in [6.07, 6.45) is 11.7. The van der Waals surface area contributed by atoms with Crippen LogP contribution in [0.3, 0.4) is 0 Å². The third-order valence-corrected chi connectivity index (χ3v) is 7.08. The van der Waals surface area contributed by atoms with Crippen LogP contribution < -0.4 is 0 Å². The number of aromatic amines is 2. The minimum Gasteiger partial charge on any atom is -0.352 e. The van der Waals surface area contributed by atoms with Gasteiger partial charge in [0.2, 0.25) is 0 Å². The third-order valence-electron chi connectivity index (χ3n) is 7.08. The van der Waals surface area contributed by atoms with E-state index in [1.807, 2.05) is 30.7 Å². The van der Waals surface area contributed by atoms with E-state index < -0.39 is 0 Å². The maximum atomic E-state index is 13.9. The van der Waals surface area contributed by atoms with E-state index in [2.05, 4.69) is 47.2 Å². The molecular formula is C29H24FN7. The van der Waals surface area contributed by atoms with Gasteiger partial charge in [0.05, 0.1) is 34.8 Å². The minimum absolute atomic E-state index is 0.275. The molecule has 1 aliphatic rings. The van der Waals surface area contributed by atoms with Gasteiger partial charge in [0.25, 0.3) is 0 Å². The topological polar surface area (TPSA) is 86.4 Å². The molecule has 37 heavy (non-hydrogen) atoms. The summed E-state index contributed by atoms with van der Waals surface area (Å²) in [6.45, 7) is 3.21. The molecule has 5 aromatic heterocycles. The van der Waals surface area contributed by atoms with Gasteiger partial charge in [0, 0.05) is 47.0 Å². The standard InChI is InChI=1S/C29H24FN7/c30-21-5-3-4-19(9-21)24-14-32-15-27-22(24)10-26(34-27)29-23-11-25(33-16-28(23)35-36-29)20-8-18(12-31-13-20)17-37-6-1-2-7-37/h3-5,8-16,34H,1-2,6-7,17H2,(H,35,36). The summed E-state index contributed by atoms with van der Waals surface area (Å²) in [4.78, 5) is 19.5. The largest absolute Gasteiger partial charge is 0.352 e. The predicted molar refractivity (Wildman–Crippen MR) is 142 cm³/mol. The molecule has 0 spiro atoms. The number of H-pyrrole nitrogens is 2. The normalized spacial score (nSPS) is 14.2. The van der Waals surface area contributed by atoms with E-state index in [4.69, 9.17) is 0 Å². The van der Waals surface area contributed by atoms with Gasteiger partial charge in [-0.05, 0) is 67.4 Å². The molecular weight excluding hydrogens is 465 g/mol. The summed E-state index contributed by atoms with van der Waals surface area (Å²) in [5, 5.41) is 9.62. The molecule has 0 atom stereocenters. The van der Waals surface area contributed by atoms with Crippen LogP contribution in [-0.2, 0) is 6.54 Å². The molecule has 1 fully saturated rings. The zero-order chi connectivity index (χ0) is 24.8. The van der Waals surface area contributed by atoms with Gasteiger partial charge in [0.15, 0.2) is 0 Å². The fourth-order valence-corrected chi connectivity index (χ4v) is 5.26. The maximum absolute atomic E-state index is 13.9. The molecule has 1 aromatic carbocycles. The van der Waals surface area contributed by atoms with Gasteiger partial charge in [-0.25, -0.2) is 4.39 Å². The highest BCUT2D eigenvalue weighted by molar-refractivity contribution is 6.01. The zero-order valence-electron chi connectivity index (χ0n) is 20.1. The van der Waals surface area contributed by atoms with E-state index >= 15 is 0 Å². The van der Waals surface area contributed by atoms with Crippen molar-refractivity contribution >= 4 is 21.8 Å². The van der Waals surface area contributed by atoms with Crippen molar-refractivity contribution in [2.24, 2.45) is 0 Å². The highest BCUT2D eigenvalue weighted by atomic mass is 19.1. The van der Waals surface area contributed by atoms with Crippen LogP contribution in [0.25, 0.3) is 55.6 Å². The average molecular weight is 490 g/mol. The van der Waals surface area contributed by atoms with Crippen LogP contribution in [0.2, 0.25) is 0 Å². The third kappa shape index (κ3) is 4.05. The molecule has 0 aliphatic carbocycles. The molecule has 7 nitrogen and oxygen atoms in total. The molecule has 6 aromatic rings. The Hall–Kier alpha value is -4.43. The van der Waals surface area contributed by atoms with Crippen molar-refractivity contribution in [3.63, 3.8) is 0 Å². The first-order valence-electron chi connectivity index (χ1n) is 12.4. The first kappa shape index (κ1) is 21.8. The van der Waals surface area contributed by atoms with Gasteiger partial charge in [-0.15, -0.1) is 0 Å². The average Bonchev–Trinajstić information content (AvgIpc) is 3.67. The number of likely N-dealkylation sites (tertiary alicyclic amines) is 1. The van der Waals surface area contributed by atoms with Gasteiger partial charge >= 0.3 is 0 Å². The van der Waals surface area contributed by atoms with Crippen molar-refractivity contribution in [1.82, 2.24) is 35.0 Å². The Morgan fingerprint density at radius 2 is 1.73 bits per heavy atom. The van der Waals surface area contributed by atoms with Crippen molar-refractivity contribution in [1.29, 1.82) is 0 Å². The van der Waals surface area contributed by atoms with E-state index in [0.29, 0.717) is 0 Å². The van der Waals surface area contributed by atoms with E-state index in [9.17, 15) is 4.39 Å². The Labute approximate surface area is 212 Å². The molecule has 0 amide bonds. The number of benzene rings is 1. The number of hydrogen-bond acceptors (Lipinski definition) is 5. The highest BCUT2D eigenvalue weighted by Crippen LogP contribution is 2.34. The Morgan fingerprint density at radius 3 is 2.62 bits per heavy atom. The molecule has 0 saturated carbocycles. The second-order valence-electron chi connectivity index (χ2n) is 9.59. The molecule has 6 heterocycles. The molecule has 0 bridgehead atoms. The molecule has 2 N–H and O–H groups in total. The maximum Gasteiger partial charge on any atom is 0.123 e. The second kappa shape index (κ2) is 8.90. The highest BCUT2D eigenvalue weighted by Gasteiger charge is 2.16. The van der Waals surface area contributed by atoms with Crippen LogP contribution in [0.1, 0.15) is 18.4 Å². The molecule has 0 unspecified atom stereocenters. The number of nitrogens with one attached hydrogen (secondary N) is 2. The van der Waals surface area contributed by atoms with Gasteiger partial charge in [-0.1, -0.05) is 12.1 Å². The Kier molecular flexibility index (Phi) is 5.25. The van der Waals surface area contributed by atoms with Crippen molar-refractivity contribution in [2.45, 2.75) is 19.4 Å². The van der Waals surface area contributed by atoms with E-state index in [0.717, 1.165) is 75.2 Å². The predicted octanol–water partition coefficient (Wildman–Crippen LogP) is 5.97. The van der Waals surface area contributed by atoms with Gasteiger partial charge in [-0.3, -0.25) is 25.0 Å². The number of aromatic nitrogens is 6. The number of nitrogens with zero attached hydrogens (tertiary/aromatic N) is 5. The molecule has 182 valence electrons. The molecule has 7 rings (SSSR count). The summed E-state index contributed by atoms with van der Waals surface area (Å²) in [6, 6.07) is 12.9. The first-order chi connectivity index (χ1) is 18.2. The SMILES string of the molecule is Fc1cccc(-c2cncc3[nH]c(-c4n[nH]c5cnc(-c6cncc(CN7CCCC7)c6)cc45)cc23)c1. The number of halogens is 1. The zero-order valence-corrected chi connectivity index (χ0v) is 20.1. The lowest BCUT2D eigenvalue weighted by Gasteiger charge is -2.14. The molecule has 8 heteroatoms. The van der Waals surface area contributed by atoms with Crippen LogP contribution in [-0.4, -0.2) is 48.1 Å². The van der Waals surface area contributed by atoms with E-state index in [1.165, 1.54) is 30.5 Å². The Morgan fingerprint density at radius 1 is 0.838 bits per heavy atom. The summed E-state index contributed by atoms with van der Waals surface area (Å²) in [7, 11) is 0. The second-order valence-corrected chi connectivity index (χ2v) is 9.59. The Bertz CT molecular complexity index is 1750. The van der Waals surface area contributed by atoms with Gasteiger partial charge in [0.1, 0.15) is 11.5 Å². The van der Waals surface area contributed by atoms with E-state index in [1.54, 1.807) is 18.5 Å². The number of pyridine rings is 3. The van der Waals surface area contributed by atoms with Crippen LogP contribution in [0.4, 0.5) is 4.39 Å². The lowest BCUT2D eigenvalue weighted by atomic mass is 10.0. The van der Waals surface area contributed by atoms with Crippen molar-refractivity contribution in [3.05, 3.63) is 84.8 Å².